The van der Waals surface area contributed by atoms with Crippen LogP contribution in [0, 0.1) is 17.1 Å². The van der Waals surface area contributed by atoms with E-state index in [0.717, 1.165) is 43.7 Å². The number of rotatable bonds is 7. The number of pyridine rings is 1. The quantitative estimate of drug-likeness (QED) is 0.205. The molecule has 0 amide bonds. The Balaban J connectivity index is 1.31. The molecule has 3 aliphatic heterocycles. The number of hydrogen-bond donors (Lipinski definition) is 4. The van der Waals surface area contributed by atoms with Crippen LogP contribution in [-0.4, -0.2) is 58.8 Å². The number of nitrogens with zero attached hydrogens (tertiary/aromatic N) is 4. The highest BCUT2D eigenvalue weighted by Crippen LogP contribution is 2.37. The molecule has 1 aromatic heterocycles. The van der Waals surface area contributed by atoms with Gasteiger partial charge in [0.05, 0.1) is 51.8 Å². The van der Waals surface area contributed by atoms with E-state index in [-0.39, 0.29) is 16.6 Å². The summed E-state index contributed by atoms with van der Waals surface area (Å²) in [6.07, 6.45) is 8.66. The van der Waals surface area contributed by atoms with E-state index in [1.165, 1.54) is 23.9 Å². The minimum Gasteiger partial charge on any atom is -0.377 e. The summed E-state index contributed by atoms with van der Waals surface area (Å²) >= 11 is 12.8. The first kappa shape index (κ1) is 31.4. The average Bonchev–Trinajstić information content (AvgIpc) is 3.52. The third kappa shape index (κ3) is 6.83. The van der Waals surface area contributed by atoms with E-state index in [2.05, 4.69) is 75.6 Å². The van der Waals surface area contributed by atoms with Crippen molar-refractivity contribution in [3.05, 3.63) is 81.5 Å². The molecular formula is C33H37Cl2FN8O. The van der Waals surface area contributed by atoms with E-state index in [4.69, 9.17) is 27.9 Å². The zero-order valence-electron chi connectivity index (χ0n) is 25.6. The highest BCUT2D eigenvalue weighted by molar-refractivity contribution is 6.36. The lowest BCUT2D eigenvalue weighted by Gasteiger charge is -2.42. The van der Waals surface area contributed by atoms with Crippen molar-refractivity contribution in [3.8, 4) is 6.07 Å². The van der Waals surface area contributed by atoms with Crippen LogP contribution in [0.4, 0.5) is 21.5 Å². The summed E-state index contributed by atoms with van der Waals surface area (Å²) in [6, 6.07) is 10.5. The van der Waals surface area contributed by atoms with Crippen molar-refractivity contribution >= 4 is 51.2 Å². The molecule has 3 aromatic rings. The van der Waals surface area contributed by atoms with Crippen molar-refractivity contribution in [2.24, 2.45) is 0 Å². The number of likely N-dealkylation sites (tertiary alicyclic amines) is 1. The van der Waals surface area contributed by atoms with Crippen LogP contribution in [0.3, 0.4) is 0 Å². The Kier molecular flexibility index (Phi) is 9.09. The Morgan fingerprint density at radius 1 is 1.13 bits per heavy atom. The van der Waals surface area contributed by atoms with Crippen molar-refractivity contribution in [2.45, 2.75) is 57.7 Å². The number of nitrogens with one attached hydrogen (secondary N) is 4. The van der Waals surface area contributed by atoms with Crippen LogP contribution >= 0.6 is 23.2 Å². The van der Waals surface area contributed by atoms with E-state index in [1.54, 1.807) is 6.07 Å². The monoisotopic (exact) mass is 650 g/mol. The van der Waals surface area contributed by atoms with Gasteiger partial charge in [0.2, 0.25) is 0 Å². The van der Waals surface area contributed by atoms with Gasteiger partial charge in [-0.1, -0.05) is 29.3 Å². The minimum absolute atomic E-state index is 0.0235. The molecule has 0 bridgehead atoms. The first-order valence-electron chi connectivity index (χ1n) is 15.1. The lowest BCUT2D eigenvalue weighted by atomic mass is 9.97. The number of hydrazine groups is 2. The summed E-state index contributed by atoms with van der Waals surface area (Å²) in [7, 11) is 0. The largest absolute Gasteiger partial charge is 0.377 e. The molecule has 1 fully saturated rings. The first-order chi connectivity index (χ1) is 21.6. The molecule has 2 aromatic carbocycles. The molecular weight excluding hydrogens is 614 g/mol. The second-order valence-corrected chi connectivity index (χ2v) is 13.4. The summed E-state index contributed by atoms with van der Waals surface area (Å²) in [5, 5.41) is 20.1. The molecule has 236 valence electrons. The lowest BCUT2D eigenvalue weighted by molar-refractivity contribution is 0.0570. The predicted molar refractivity (Wildman–Crippen MR) is 178 cm³/mol. The maximum atomic E-state index is 13.9. The summed E-state index contributed by atoms with van der Waals surface area (Å²) in [6.45, 7) is 10.1. The second-order valence-electron chi connectivity index (χ2n) is 12.6. The number of anilines is 3. The average molecular weight is 652 g/mol. The van der Waals surface area contributed by atoms with Crippen molar-refractivity contribution < 1.29 is 9.13 Å². The Morgan fingerprint density at radius 3 is 2.60 bits per heavy atom. The van der Waals surface area contributed by atoms with Gasteiger partial charge in [-0.2, -0.15) is 5.26 Å². The predicted octanol–water partition coefficient (Wildman–Crippen LogP) is 6.85. The van der Waals surface area contributed by atoms with Crippen molar-refractivity contribution in [2.75, 3.05) is 36.9 Å². The lowest BCUT2D eigenvalue weighted by Crippen LogP contribution is -2.52. The molecule has 12 heteroatoms. The molecule has 3 aliphatic rings. The number of ether oxygens (including phenoxy) is 1. The highest BCUT2D eigenvalue weighted by Gasteiger charge is 2.32. The summed E-state index contributed by atoms with van der Waals surface area (Å²) < 4.78 is 19.5. The molecule has 9 nitrogen and oxygen atoms in total. The fraction of sp³-hybridized carbons (Fsp3) is 0.394. The van der Waals surface area contributed by atoms with Crippen molar-refractivity contribution in [1.82, 2.24) is 25.9 Å². The molecule has 0 spiro atoms. The Hall–Kier alpha value is -3.59. The van der Waals surface area contributed by atoms with Gasteiger partial charge in [-0.25, -0.2) is 4.39 Å². The molecule has 0 unspecified atom stereocenters. The first-order valence-corrected chi connectivity index (χ1v) is 15.9. The number of fused-ring (bicyclic) bond motifs is 1. The number of piperidine rings is 1. The maximum absolute atomic E-state index is 13.9. The Bertz CT molecular complexity index is 1690. The topological polar surface area (TPSA) is 101 Å². The van der Waals surface area contributed by atoms with Crippen LogP contribution in [0.25, 0.3) is 10.9 Å². The fourth-order valence-corrected chi connectivity index (χ4v) is 6.57. The molecule has 6 rings (SSSR count). The van der Waals surface area contributed by atoms with Crippen LogP contribution in [0.2, 0.25) is 10.0 Å². The molecule has 0 aliphatic carbocycles. The normalized spacial score (nSPS) is 18.6. The van der Waals surface area contributed by atoms with Crippen LogP contribution in [-0.2, 0) is 4.74 Å². The van der Waals surface area contributed by atoms with Gasteiger partial charge < -0.3 is 20.8 Å². The van der Waals surface area contributed by atoms with Crippen molar-refractivity contribution in [3.63, 3.8) is 0 Å². The smallest absolute Gasteiger partial charge is 0.141 e. The van der Waals surface area contributed by atoms with E-state index in [0.29, 0.717) is 52.1 Å². The zero-order valence-corrected chi connectivity index (χ0v) is 27.1. The third-order valence-corrected chi connectivity index (χ3v) is 9.22. The van der Waals surface area contributed by atoms with E-state index in [9.17, 15) is 9.65 Å². The molecule has 4 heterocycles. The van der Waals surface area contributed by atoms with E-state index >= 15 is 0 Å². The van der Waals surface area contributed by atoms with Gasteiger partial charge in [-0.15, -0.1) is 5.53 Å². The number of benzene rings is 2. The van der Waals surface area contributed by atoms with Crippen LogP contribution in [0.1, 0.15) is 45.6 Å². The molecule has 0 radical (unpaired) electrons. The van der Waals surface area contributed by atoms with Gasteiger partial charge in [0.1, 0.15) is 11.9 Å². The SMILES string of the molecule is CC(C)(C)N1CCC(N2C=C([C@@H](Nc3cc(Cl)c4ncc(C#N)c(Nc5ccc(F)c(Cl)c5)c4c3)C3=CCOCC3)NN2)CC1. The van der Waals surface area contributed by atoms with Crippen LogP contribution in [0.5, 0.6) is 0 Å². The second kappa shape index (κ2) is 13.0. The summed E-state index contributed by atoms with van der Waals surface area (Å²) in [5.41, 5.74) is 11.8. The minimum atomic E-state index is -0.524. The summed E-state index contributed by atoms with van der Waals surface area (Å²) in [5.74, 6) is -0.524. The van der Waals surface area contributed by atoms with Crippen molar-refractivity contribution in [1.29, 1.82) is 5.26 Å². The van der Waals surface area contributed by atoms with Gasteiger partial charge in [0.25, 0.3) is 0 Å². The number of nitriles is 1. The summed E-state index contributed by atoms with van der Waals surface area (Å²) in [4.78, 5) is 7.02. The van der Waals surface area contributed by atoms with Crippen LogP contribution < -0.4 is 21.6 Å². The van der Waals surface area contributed by atoms with E-state index < -0.39 is 5.82 Å². The zero-order chi connectivity index (χ0) is 31.7. The van der Waals surface area contributed by atoms with Gasteiger partial charge in [0.15, 0.2) is 0 Å². The number of hydrogen-bond acceptors (Lipinski definition) is 9. The standard InChI is InChI=1S/C33H37Cl2FN8O/c1-33(2,3)43-10-6-24(7-11-43)44-19-29(41-42-44)31(20-8-12-45-13-9-20)40-23-14-25-30(39-22-4-5-28(36)26(34)15-22)21(17-37)18-38-32(25)27(35)16-23/h4-5,8,14-16,18-19,24,31,40-42H,6-7,9-13H2,1-3H3,(H,38,39)/t31-/m0/s1. The number of halogens is 3. The van der Waals surface area contributed by atoms with Gasteiger partial charge in [-0.05, 0) is 75.9 Å². The van der Waals surface area contributed by atoms with Gasteiger partial charge >= 0.3 is 0 Å². The Labute approximate surface area is 272 Å². The molecule has 1 saturated heterocycles. The fourth-order valence-electron chi connectivity index (χ4n) is 6.12. The molecule has 45 heavy (non-hydrogen) atoms. The van der Waals surface area contributed by atoms with Gasteiger partial charge in [-0.3, -0.25) is 14.9 Å². The molecule has 4 N–H and O–H groups in total. The third-order valence-electron chi connectivity index (χ3n) is 8.64. The van der Waals surface area contributed by atoms with E-state index in [1.807, 2.05) is 12.1 Å². The molecule has 0 saturated carbocycles. The number of aromatic nitrogens is 1. The Morgan fingerprint density at radius 2 is 1.91 bits per heavy atom. The van der Waals surface area contributed by atoms with Crippen LogP contribution in [0.15, 0.2) is 60.1 Å². The maximum Gasteiger partial charge on any atom is 0.141 e. The molecule has 1 atom stereocenters. The van der Waals surface area contributed by atoms with Gasteiger partial charge in [0, 0.05) is 53.8 Å². The highest BCUT2D eigenvalue weighted by atomic mass is 35.5.